The molecule has 0 saturated carbocycles. The summed E-state index contributed by atoms with van der Waals surface area (Å²) in [6.07, 6.45) is 0. The molecule has 2 aromatic heterocycles. The van der Waals surface area contributed by atoms with Gasteiger partial charge in [-0.3, -0.25) is 0 Å². The molecule has 0 atom stereocenters. The normalized spacial score (nSPS) is 10.7. The molecule has 0 fully saturated rings. The first-order valence-corrected chi connectivity index (χ1v) is 10.3. The Kier molecular flexibility index (Phi) is 6.15. The molecule has 0 bridgehead atoms. The van der Waals surface area contributed by atoms with Crippen molar-refractivity contribution in [1.29, 1.82) is 0 Å². The Labute approximate surface area is 186 Å². The minimum Gasteiger partial charge on any atom is -0.493 e. The Bertz CT molecular complexity index is 1210. The standard InChI is InChI=1S/C21H16ClN3O5S/c1-27-16-8-5-13(9-17(16)28-2)19-24-18(30-25-19)10-29-21(26)15-11-31-20(23-15)12-3-6-14(22)7-4-12/h3-9,11H,10H2,1-2H3. The van der Waals surface area contributed by atoms with Crippen LogP contribution in [0.25, 0.3) is 22.0 Å². The average Bonchev–Trinajstić information content (AvgIpc) is 3.48. The largest absolute Gasteiger partial charge is 0.493 e. The lowest BCUT2D eigenvalue weighted by atomic mass is 10.2. The molecule has 0 unspecified atom stereocenters. The second-order valence-corrected chi connectivity index (χ2v) is 7.50. The highest BCUT2D eigenvalue weighted by Crippen LogP contribution is 2.31. The highest BCUT2D eigenvalue weighted by Gasteiger charge is 2.17. The van der Waals surface area contributed by atoms with E-state index in [-0.39, 0.29) is 18.2 Å². The summed E-state index contributed by atoms with van der Waals surface area (Å²) in [6, 6.07) is 12.5. The molecule has 0 N–H and O–H groups in total. The molecule has 2 heterocycles. The fraction of sp³-hybridized carbons (Fsp3) is 0.143. The van der Waals surface area contributed by atoms with Gasteiger partial charge in [0.2, 0.25) is 5.82 Å². The van der Waals surface area contributed by atoms with Crippen LogP contribution < -0.4 is 9.47 Å². The summed E-state index contributed by atoms with van der Waals surface area (Å²) < 4.78 is 20.9. The second-order valence-electron chi connectivity index (χ2n) is 6.20. The zero-order valence-electron chi connectivity index (χ0n) is 16.5. The number of carbonyl (C=O) groups excluding carboxylic acids is 1. The highest BCUT2D eigenvalue weighted by atomic mass is 35.5. The number of hydrogen-bond donors (Lipinski definition) is 0. The number of carbonyl (C=O) groups is 1. The van der Waals surface area contributed by atoms with Crippen LogP contribution in [0.1, 0.15) is 16.4 Å². The molecule has 31 heavy (non-hydrogen) atoms. The van der Waals surface area contributed by atoms with Crippen LogP contribution in [-0.2, 0) is 11.3 Å². The van der Waals surface area contributed by atoms with Gasteiger partial charge in [0.15, 0.2) is 23.8 Å². The number of benzene rings is 2. The van der Waals surface area contributed by atoms with Gasteiger partial charge in [0.05, 0.1) is 14.2 Å². The van der Waals surface area contributed by atoms with E-state index in [4.69, 9.17) is 30.3 Å². The van der Waals surface area contributed by atoms with Gasteiger partial charge in [0.25, 0.3) is 5.89 Å². The molecule has 4 rings (SSSR count). The molecule has 0 aliphatic rings. The predicted molar refractivity (Wildman–Crippen MR) is 115 cm³/mol. The lowest BCUT2D eigenvalue weighted by Crippen LogP contribution is -2.05. The van der Waals surface area contributed by atoms with Crippen LogP contribution in [-0.4, -0.2) is 35.3 Å². The van der Waals surface area contributed by atoms with E-state index in [1.807, 2.05) is 12.1 Å². The molecule has 0 aliphatic carbocycles. The fourth-order valence-electron chi connectivity index (χ4n) is 2.70. The van der Waals surface area contributed by atoms with E-state index in [1.54, 1.807) is 49.9 Å². The highest BCUT2D eigenvalue weighted by molar-refractivity contribution is 7.13. The molecule has 0 amide bonds. The lowest BCUT2D eigenvalue weighted by Gasteiger charge is -2.07. The summed E-state index contributed by atoms with van der Waals surface area (Å²) in [7, 11) is 3.10. The van der Waals surface area contributed by atoms with Crippen molar-refractivity contribution >= 4 is 28.9 Å². The number of halogens is 1. The molecular weight excluding hydrogens is 442 g/mol. The third-order valence-electron chi connectivity index (χ3n) is 4.24. The minimum atomic E-state index is -0.581. The van der Waals surface area contributed by atoms with Gasteiger partial charge < -0.3 is 18.7 Å². The van der Waals surface area contributed by atoms with E-state index >= 15 is 0 Å². The van der Waals surface area contributed by atoms with Gasteiger partial charge in [-0.25, -0.2) is 9.78 Å². The van der Waals surface area contributed by atoms with E-state index < -0.39 is 5.97 Å². The maximum Gasteiger partial charge on any atom is 0.358 e. The summed E-state index contributed by atoms with van der Waals surface area (Å²) >= 11 is 7.24. The Morgan fingerprint density at radius 2 is 1.77 bits per heavy atom. The van der Waals surface area contributed by atoms with Crippen molar-refractivity contribution in [1.82, 2.24) is 15.1 Å². The van der Waals surface area contributed by atoms with Crippen molar-refractivity contribution in [3.05, 3.63) is 64.5 Å². The van der Waals surface area contributed by atoms with E-state index in [2.05, 4.69) is 15.1 Å². The van der Waals surface area contributed by atoms with Crippen molar-refractivity contribution in [3.63, 3.8) is 0 Å². The number of ether oxygens (including phenoxy) is 3. The number of aromatic nitrogens is 3. The first kappa shape index (κ1) is 20.8. The summed E-state index contributed by atoms with van der Waals surface area (Å²) in [5.74, 6) is 1.04. The summed E-state index contributed by atoms with van der Waals surface area (Å²) in [5.41, 5.74) is 1.74. The van der Waals surface area contributed by atoms with Crippen LogP contribution in [0.3, 0.4) is 0 Å². The Morgan fingerprint density at radius 3 is 2.52 bits per heavy atom. The topological polar surface area (TPSA) is 96.6 Å². The number of hydrogen-bond acceptors (Lipinski definition) is 9. The molecule has 8 nitrogen and oxygen atoms in total. The maximum atomic E-state index is 12.3. The first-order valence-electron chi connectivity index (χ1n) is 9.01. The van der Waals surface area contributed by atoms with Gasteiger partial charge >= 0.3 is 5.97 Å². The van der Waals surface area contributed by atoms with Crippen LogP contribution in [0.5, 0.6) is 11.5 Å². The van der Waals surface area contributed by atoms with Gasteiger partial charge in [0.1, 0.15) is 5.01 Å². The van der Waals surface area contributed by atoms with Crippen molar-refractivity contribution < 1.29 is 23.5 Å². The van der Waals surface area contributed by atoms with Crippen molar-refractivity contribution in [2.75, 3.05) is 14.2 Å². The van der Waals surface area contributed by atoms with E-state index in [1.165, 1.54) is 11.3 Å². The van der Waals surface area contributed by atoms with Gasteiger partial charge in [-0.15, -0.1) is 11.3 Å². The van der Waals surface area contributed by atoms with Crippen LogP contribution in [0, 0.1) is 0 Å². The SMILES string of the molecule is COc1ccc(-c2noc(COC(=O)c3csc(-c4ccc(Cl)cc4)n3)n2)cc1OC. The molecule has 0 saturated heterocycles. The van der Waals surface area contributed by atoms with E-state index in [9.17, 15) is 4.79 Å². The first-order chi connectivity index (χ1) is 15.1. The Balaban J connectivity index is 1.41. The molecule has 4 aromatic rings. The smallest absolute Gasteiger partial charge is 0.358 e. The Hall–Kier alpha value is -3.43. The number of methoxy groups -OCH3 is 2. The number of thiazole rings is 1. The quantitative estimate of drug-likeness (QED) is 0.362. The molecule has 10 heteroatoms. The fourth-order valence-corrected chi connectivity index (χ4v) is 3.62. The van der Waals surface area contributed by atoms with Crippen LogP contribution in [0.2, 0.25) is 5.02 Å². The lowest BCUT2D eigenvalue weighted by molar-refractivity contribution is 0.0424. The average molecular weight is 458 g/mol. The van der Waals surface area contributed by atoms with E-state index in [0.29, 0.717) is 32.9 Å². The van der Waals surface area contributed by atoms with Crippen molar-refractivity contribution in [2.45, 2.75) is 6.61 Å². The third-order valence-corrected chi connectivity index (χ3v) is 5.38. The molecule has 0 spiro atoms. The molecular formula is C21H16ClN3O5S. The van der Waals surface area contributed by atoms with Gasteiger partial charge in [0, 0.05) is 21.5 Å². The summed E-state index contributed by atoms with van der Waals surface area (Å²) in [6.45, 7) is -0.174. The second kappa shape index (κ2) is 9.15. The van der Waals surface area contributed by atoms with Crippen molar-refractivity contribution in [2.24, 2.45) is 0 Å². The van der Waals surface area contributed by atoms with Crippen LogP contribution >= 0.6 is 22.9 Å². The van der Waals surface area contributed by atoms with Gasteiger partial charge in [-0.2, -0.15) is 4.98 Å². The molecule has 0 radical (unpaired) electrons. The molecule has 0 aliphatic heterocycles. The minimum absolute atomic E-state index is 0.159. The van der Waals surface area contributed by atoms with Crippen molar-refractivity contribution in [3.8, 4) is 33.5 Å². The number of esters is 1. The zero-order valence-corrected chi connectivity index (χ0v) is 18.1. The Morgan fingerprint density at radius 1 is 1.03 bits per heavy atom. The number of nitrogens with zero attached hydrogens (tertiary/aromatic N) is 3. The summed E-state index contributed by atoms with van der Waals surface area (Å²) in [5, 5.41) is 6.88. The molecule has 158 valence electrons. The molecule has 2 aromatic carbocycles. The third kappa shape index (κ3) is 4.68. The maximum absolute atomic E-state index is 12.3. The summed E-state index contributed by atoms with van der Waals surface area (Å²) in [4.78, 5) is 20.9. The van der Waals surface area contributed by atoms with Gasteiger partial charge in [-0.1, -0.05) is 28.9 Å². The van der Waals surface area contributed by atoms with Crippen LogP contribution in [0.4, 0.5) is 0 Å². The van der Waals surface area contributed by atoms with Crippen LogP contribution in [0.15, 0.2) is 52.4 Å². The zero-order chi connectivity index (χ0) is 21.8. The monoisotopic (exact) mass is 457 g/mol. The number of rotatable bonds is 7. The predicted octanol–water partition coefficient (Wildman–Crippen LogP) is 4.89. The van der Waals surface area contributed by atoms with Gasteiger partial charge in [-0.05, 0) is 30.3 Å². The van der Waals surface area contributed by atoms with E-state index in [0.717, 1.165) is 5.56 Å².